The van der Waals surface area contributed by atoms with E-state index in [1.807, 2.05) is 0 Å². The molecule has 4 atom stereocenters. The maximum Gasteiger partial charge on any atom is 0.267 e. The number of hydrogen-bond acceptors (Lipinski definition) is 7. The smallest absolute Gasteiger partial charge is 0.267 e. The minimum Gasteiger partial charge on any atom is -0.376 e. The van der Waals surface area contributed by atoms with Crippen molar-refractivity contribution in [3.8, 4) is 0 Å². The van der Waals surface area contributed by atoms with Crippen molar-refractivity contribution in [3.63, 3.8) is 0 Å². The van der Waals surface area contributed by atoms with Gasteiger partial charge in [0.25, 0.3) is 5.91 Å². The fourth-order valence-corrected chi connectivity index (χ4v) is 4.16. The van der Waals surface area contributed by atoms with Crippen LogP contribution in [0.15, 0.2) is 36.5 Å². The van der Waals surface area contributed by atoms with Gasteiger partial charge in [-0.3, -0.25) is 19.8 Å². The molecule has 10 nitrogen and oxygen atoms in total. The first kappa shape index (κ1) is 27.0. The van der Waals surface area contributed by atoms with E-state index < -0.39 is 66.7 Å². The highest BCUT2D eigenvalue weighted by Gasteiger charge is 2.48. The van der Waals surface area contributed by atoms with E-state index >= 15 is 0 Å². The molecular weight excluding hydrogens is 498 g/mol. The maximum atomic E-state index is 14.7. The quantitative estimate of drug-likeness (QED) is 0.367. The van der Waals surface area contributed by atoms with Gasteiger partial charge in [-0.15, -0.1) is 0 Å². The zero-order chi connectivity index (χ0) is 26.6. The highest BCUT2D eigenvalue weighted by Crippen LogP contribution is 2.27. The summed E-state index contributed by atoms with van der Waals surface area (Å²) >= 11 is 5.82. The number of primary amides is 1. The molecule has 1 aliphatic rings. The lowest BCUT2D eigenvalue weighted by Crippen LogP contribution is -2.52. The Bertz CT molecular complexity index is 1180. The Morgan fingerprint density at radius 3 is 2.72 bits per heavy atom. The van der Waals surface area contributed by atoms with E-state index in [9.17, 15) is 23.2 Å². The summed E-state index contributed by atoms with van der Waals surface area (Å²) in [5.74, 6) is -3.05. The van der Waals surface area contributed by atoms with Crippen molar-refractivity contribution in [1.29, 1.82) is 5.41 Å². The monoisotopic (exact) mass is 522 g/mol. The number of nitrogens with one attached hydrogen (secondary N) is 3. The summed E-state index contributed by atoms with van der Waals surface area (Å²) in [5, 5.41) is 13.0. The van der Waals surface area contributed by atoms with Crippen molar-refractivity contribution in [2.45, 2.75) is 31.3 Å². The van der Waals surface area contributed by atoms with Gasteiger partial charge in [0.1, 0.15) is 35.7 Å². The molecule has 0 aliphatic carbocycles. The Balaban J connectivity index is 1.77. The molecule has 0 unspecified atom stereocenters. The van der Waals surface area contributed by atoms with Crippen LogP contribution in [-0.2, 0) is 19.1 Å². The Labute approximate surface area is 210 Å². The first-order valence-electron chi connectivity index (χ1n) is 10.8. The zero-order valence-electron chi connectivity index (χ0n) is 19.4. The number of aromatic nitrogens is 1. The summed E-state index contributed by atoms with van der Waals surface area (Å²) in [5.41, 5.74) is 4.85. The fraction of sp³-hybridized carbons (Fsp3) is 0.348. The molecule has 0 radical (unpaired) electrons. The lowest BCUT2D eigenvalue weighted by molar-refractivity contribution is -0.140. The summed E-state index contributed by atoms with van der Waals surface area (Å²) < 4.78 is 34.3. The van der Waals surface area contributed by atoms with Crippen LogP contribution in [0.25, 0.3) is 0 Å². The number of carbonyl (C=O) groups excluding carboxylic acids is 3. The number of nitrogens with two attached hydrogens (primary N) is 1. The van der Waals surface area contributed by atoms with Crippen LogP contribution in [0.4, 0.5) is 14.6 Å². The molecule has 1 saturated heterocycles. The van der Waals surface area contributed by atoms with Crippen molar-refractivity contribution in [1.82, 2.24) is 15.2 Å². The Hall–Kier alpha value is -3.64. The molecule has 0 spiro atoms. The van der Waals surface area contributed by atoms with Crippen molar-refractivity contribution in [2.75, 3.05) is 25.5 Å². The number of hydrogen-bond donors (Lipinski definition) is 4. The molecule has 2 heterocycles. The number of halogens is 3. The molecule has 1 fully saturated rings. The molecule has 5 N–H and O–H groups in total. The first-order valence-corrected chi connectivity index (χ1v) is 11.2. The van der Waals surface area contributed by atoms with Crippen molar-refractivity contribution >= 4 is 40.9 Å². The lowest BCUT2D eigenvalue weighted by Gasteiger charge is -2.28. The van der Waals surface area contributed by atoms with Crippen LogP contribution >= 0.6 is 11.6 Å². The summed E-state index contributed by atoms with van der Waals surface area (Å²) in [6.45, 7) is 0.686. The normalized spacial score (nSPS) is 20.0. The summed E-state index contributed by atoms with van der Waals surface area (Å²) in [7, 11) is 1.22. The van der Waals surface area contributed by atoms with Crippen LogP contribution in [0.1, 0.15) is 24.1 Å². The molecule has 2 aromatic rings. The van der Waals surface area contributed by atoms with E-state index in [4.69, 9.17) is 27.5 Å². The van der Waals surface area contributed by atoms with Crippen LogP contribution in [0.5, 0.6) is 0 Å². The zero-order valence-corrected chi connectivity index (χ0v) is 20.2. The molecule has 0 bridgehead atoms. The summed E-state index contributed by atoms with van der Waals surface area (Å²) in [6, 6.07) is 5.09. The van der Waals surface area contributed by atoms with E-state index in [2.05, 4.69) is 15.6 Å². The maximum absolute atomic E-state index is 14.7. The standard InChI is InChI=1S/C23H25ClF2N6O4/c1-11(12-5-3-7-14(24)17(12)26)31-23(35)19-20(36-2)15(25)10-32(19)16(33)9-30-22-13(6-4-8-29-22)18(27)21(28)34/h3-8,11,15,19-20,27H,9-10H2,1-2H3,(H2,28,34)(H,29,30)(H,31,35)/t11-,15+,19+,20-/m1/s1. The van der Waals surface area contributed by atoms with Gasteiger partial charge in [0.2, 0.25) is 11.8 Å². The third kappa shape index (κ3) is 5.60. The molecule has 1 aliphatic heterocycles. The van der Waals surface area contributed by atoms with Crippen molar-refractivity contribution < 1.29 is 27.9 Å². The van der Waals surface area contributed by atoms with E-state index in [1.165, 1.54) is 50.6 Å². The van der Waals surface area contributed by atoms with Crippen LogP contribution in [0.2, 0.25) is 5.02 Å². The van der Waals surface area contributed by atoms with Gasteiger partial charge in [-0.05, 0) is 25.1 Å². The first-order chi connectivity index (χ1) is 17.1. The number of pyridine rings is 1. The van der Waals surface area contributed by atoms with Gasteiger partial charge in [-0.1, -0.05) is 23.7 Å². The van der Waals surface area contributed by atoms with Crippen molar-refractivity contribution in [2.24, 2.45) is 5.73 Å². The SMILES string of the molecule is CO[C@H]1[C@@H](C(=O)N[C@H](C)c2cccc(Cl)c2F)N(C(=O)CNc2ncccc2C(=N)C(N)=O)C[C@@H]1F. The van der Waals surface area contributed by atoms with Gasteiger partial charge in [0.15, 0.2) is 0 Å². The van der Waals surface area contributed by atoms with Crippen LogP contribution in [0.3, 0.4) is 0 Å². The second-order valence-electron chi connectivity index (χ2n) is 8.07. The number of ether oxygens (including phenoxy) is 1. The van der Waals surface area contributed by atoms with Crippen LogP contribution < -0.4 is 16.4 Å². The molecule has 3 rings (SSSR count). The molecular formula is C23H25ClF2N6O4. The van der Waals surface area contributed by atoms with Gasteiger partial charge < -0.3 is 26.0 Å². The van der Waals surface area contributed by atoms with Gasteiger partial charge in [0, 0.05) is 24.4 Å². The van der Waals surface area contributed by atoms with E-state index in [0.29, 0.717) is 0 Å². The fourth-order valence-electron chi connectivity index (χ4n) is 3.98. The number of rotatable bonds is 9. The van der Waals surface area contributed by atoms with Gasteiger partial charge in [-0.25, -0.2) is 13.8 Å². The Kier molecular flexibility index (Phi) is 8.53. The second-order valence-corrected chi connectivity index (χ2v) is 8.48. The van der Waals surface area contributed by atoms with Crippen LogP contribution in [0, 0.1) is 11.2 Å². The number of carbonyl (C=O) groups is 3. The number of benzene rings is 1. The molecule has 36 heavy (non-hydrogen) atoms. The molecule has 3 amide bonds. The summed E-state index contributed by atoms with van der Waals surface area (Å²) in [4.78, 5) is 42.6. The number of likely N-dealkylation sites (tertiary alicyclic amines) is 1. The Morgan fingerprint density at radius 1 is 1.33 bits per heavy atom. The van der Waals surface area contributed by atoms with E-state index in [0.717, 1.165) is 4.90 Å². The molecule has 0 saturated carbocycles. The molecule has 1 aromatic carbocycles. The minimum atomic E-state index is -1.65. The third-order valence-corrected chi connectivity index (χ3v) is 6.06. The average Bonchev–Trinajstić information content (AvgIpc) is 3.20. The van der Waals surface area contributed by atoms with E-state index in [-0.39, 0.29) is 22.0 Å². The number of nitrogens with zero attached hydrogens (tertiary/aromatic N) is 2. The predicted octanol–water partition coefficient (Wildman–Crippen LogP) is 1.58. The van der Waals surface area contributed by atoms with E-state index in [1.54, 1.807) is 0 Å². The highest BCUT2D eigenvalue weighted by molar-refractivity contribution is 6.44. The number of alkyl halides is 1. The summed E-state index contributed by atoms with van der Waals surface area (Å²) in [6.07, 6.45) is -1.52. The predicted molar refractivity (Wildman–Crippen MR) is 128 cm³/mol. The Morgan fingerprint density at radius 2 is 2.06 bits per heavy atom. The molecule has 192 valence electrons. The number of methoxy groups -OCH3 is 1. The van der Waals surface area contributed by atoms with Crippen LogP contribution in [-0.4, -0.2) is 71.8 Å². The van der Waals surface area contributed by atoms with Gasteiger partial charge in [0.05, 0.1) is 24.2 Å². The number of anilines is 1. The topological polar surface area (TPSA) is 150 Å². The minimum absolute atomic E-state index is 0.0417. The third-order valence-electron chi connectivity index (χ3n) is 5.77. The van der Waals surface area contributed by atoms with Crippen molar-refractivity contribution in [3.05, 3.63) is 58.5 Å². The molecule has 13 heteroatoms. The number of amides is 3. The average molecular weight is 523 g/mol. The lowest BCUT2D eigenvalue weighted by atomic mass is 10.1. The van der Waals surface area contributed by atoms with Gasteiger partial charge >= 0.3 is 0 Å². The van der Waals surface area contributed by atoms with Gasteiger partial charge in [-0.2, -0.15) is 0 Å². The highest BCUT2D eigenvalue weighted by atomic mass is 35.5. The molecule has 1 aromatic heterocycles. The second kappa shape index (κ2) is 11.4. The largest absolute Gasteiger partial charge is 0.376 e.